The molecule has 2 aromatic rings. The molecule has 4 rings (SSSR count). The second kappa shape index (κ2) is 5.36. The molecule has 0 aliphatic heterocycles. The largest absolute Gasteiger partial charge is 0.487 e. The first-order valence-corrected chi connectivity index (χ1v) is 8.36. The molecular weight excluding hydrogens is 293 g/mol. The highest BCUT2D eigenvalue weighted by Gasteiger charge is 2.33. The standard InChI is InChI=1S/C19H19BF2O/c1-10-6-7-12-13-8-9-14(23-11-4-2-3-5-11)19(22)16(13)17(20)15(12)18(10)21/h6-9,11,17H,2-5,20H2,1H3. The van der Waals surface area contributed by atoms with Gasteiger partial charge in [-0.25, -0.2) is 8.78 Å². The Morgan fingerprint density at radius 3 is 2.26 bits per heavy atom. The second-order valence-corrected chi connectivity index (χ2v) is 6.74. The summed E-state index contributed by atoms with van der Waals surface area (Å²) in [4.78, 5) is 0. The van der Waals surface area contributed by atoms with Gasteiger partial charge >= 0.3 is 0 Å². The molecule has 1 nitrogen and oxygen atoms in total. The molecule has 4 heteroatoms. The van der Waals surface area contributed by atoms with Gasteiger partial charge in [0.1, 0.15) is 13.7 Å². The zero-order valence-electron chi connectivity index (χ0n) is 13.5. The maximum Gasteiger partial charge on any atom is 0.168 e. The molecule has 0 aromatic heterocycles. The molecule has 1 fully saturated rings. The van der Waals surface area contributed by atoms with E-state index in [2.05, 4.69) is 0 Å². The summed E-state index contributed by atoms with van der Waals surface area (Å²) in [5.74, 6) is -0.515. The second-order valence-electron chi connectivity index (χ2n) is 6.74. The Morgan fingerprint density at radius 2 is 1.57 bits per heavy atom. The van der Waals surface area contributed by atoms with E-state index < -0.39 is 0 Å². The van der Waals surface area contributed by atoms with Crippen LogP contribution in [0.1, 0.15) is 48.2 Å². The quantitative estimate of drug-likeness (QED) is 0.751. The average molecular weight is 312 g/mol. The fourth-order valence-corrected chi connectivity index (χ4v) is 4.01. The topological polar surface area (TPSA) is 9.23 Å². The van der Waals surface area contributed by atoms with E-state index in [0.717, 1.165) is 36.8 Å². The van der Waals surface area contributed by atoms with Gasteiger partial charge in [0.2, 0.25) is 0 Å². The molecule has 0 N–H and O–H groups in total. The van der Waals surface area contributed by atoms with E-state index in [1.165, 1.54) is 0 Å². The van der Waals surface area contributed by atoms with Crippen LogP contribution in [0.5, 0.6) is 5.75 Å². The lowest BCUT2D eigenvalue weighted by Crippen LogP contribution is -2.13. The third-order valence-electron chi connectivity index (χ3n) is 5.27. The number of ether oxygens (including phenoxy) is 1. The normalized spacial score (nSPS) is 19.7. The van der Waals surface area contributed by atoms with Gasteiger partial charge in [0.25, 0.3) is 0 Å². The third kappa shape index (κ3) is 2.19. The Balaban J connectivity index is 1.79. The lowest BCUT2D eigenvalue weighted by Gasteiger charge is -2.16. The zero-order valence-corrected chi connectivity index (χ0v) is 13.5. The smallest absolute Gasteiger partial charge is 0.168 e. The maximum absolute atomic E-state index is 15.0. The van der Waals surface area contributed by atoms with Gasteiger partial charge in [0.05, 0.1) is 6.10 Å². The predicted molar refractivity (Wildman–Crippen MR) is 89.8 cm³/mol. The highest BCUT2D eigenvalue weighted by molar-refractivity contribution is 6.17. The van der Waals surface area contributed by atoms with Crippen LogP contribution in [0.4, 0.5) is 8.78 Å². The molecule has 2 aliphatic rings. The monoisotopic (exact) mass is 312 g/mol. The van der Waals surface area contributed by atoms with Crippen LogP contribution in [0.15, 0.2) is 24.3 Å². The summed E-state index contributed by atoms with van der Waals surface area (Å²) in [6.45, 7) is 1.75. The van der Waals surface area contributed by atoms with Crippen LogP contribution in [0, 0.1) is 18.6 Å². The molecule has 0 spiro atoms. The lowest BCUT2D eigenvalue weighted by atomic mass is 9.78. The van der Waals surface area contributed by atoms with Crippen LogP contribution in [0.25, 0.3) is 11.1 Å². The highest BCUT2D eigenvalue weighted by atomic mass is 19.1. The number of rotatable bonds is 2. The number of benzene rings is 2. The van der Waals surface area contributed by atoms with E-state index in [1.807, 2.05) is 20.0 Å². The minimum absolute atomic E-state index is 0.112. The van der Waals surface area contributed by atoms with Crippen molar-refractivity contribution in [2.24, 2.45) is 0 Å². The minimum Gasteiger partial charge on any atom is -0.487 e. The van der Waals surface area contributed by atoms with Crippen LogP contribution in [-0.2, 0) is 0 Å². The van der Waals surface area contributed by atoms with E-state index in [-0.39, 0.29) is 23.6 Å². The van der Waals surface area contributed by atoms with Crippen LogP contribution < -0.4 is 4.74 Å². The van der Waals surface area contributed by atoms with E-state index in [0.29, 0.717) is 22.4 Å². The van der Waals surface area contributed by atoms with Crippen LogP contribution in [0.3, 0.4) is 0 Å². The summed E-state index contributed by atoms with van der Waals surface area (Å²) < 4.78 is 35.4. The number of hydrogen-bond acceptors (Lipinski definition) is 1. The van der Waals surface area contributed by atoms with Crippen LogP contribution in [0.2, 0.25) is 0 Å². The molecule has 1 atom stereocenters. The van der Waals surface area contributed by atoms with Gasteiger partial charge in [-0.1, -0.05) is 18.2 Å². The number of fused-ring (bicyclic) bond motifs is 3. The molecule has 0 amide bonds. The van der Waals surface area contributed by atoms with E-state index >= 15 is 4.39 Å². The third-order valence-corrected chi connectivity index (χ3v) is 5.27. The summed E-state index contributed by atoms with van der Waals surface area (Å²) in [6, 6.07) is 7.23. The summed E-state index contributed by atoms with van der Waals surface area (Å²) in [5.41, 5.74) is 3.38. The molecule has 23 heavy (non-hydrogen) atoms. The Labute approximate surface area is 136 Å². The van der Waals surface area contributed by atoms with Gasteiger partial charge in [-0.2, -0.15) is 0 Å². The van der Waals surface area contributed by atoms with E-state index in [1.54, 1.807) is 19.1 Å². The highest BCUT2D eigenvalue weighted by Crippen LogP contribution is 2.48. The molecular formula is C19H19BF2O. The van der Waals surface area contributed by atoms with Crippen molar-refractivity contribution in [1.29, 1.82) is 0 Å². The summed E-state index contributed by atoms with van der Waals surface area (Å²) in [7, 11) is 1.87. The number of hydrogen-bond donors (Lipinski definition) is 0. The molecule has 2 aliphatic carbocycles. The Kier molecular flexibility index (Phi) is 3.44. The van der Waals surface area contributed by atoms with Crippen molar-refractivity contribution in [1.82, 2.24) is 0 Å². The predicted octanol–water partition coefficient (Wildman–Crippen LogP) is 4.30. The van der Waals surface area contributed by atoms with Gasteiger partial charge in [0, 0.05) is 0 Å². The number of aryl methyl sites for hydroxylation is 1. The summed E-state index contributed by atoms with van der Waals surface area (Å²) in [6.07, 6.45) is 4.37. The van der Waals surface area contributed by atoms with Crippen molar-refractivity contribution in [3.63, 3.8) is 0 Å². The molecule has 1 saturated carbocycles. The van der Waals surface area contributed by atoms with Crippen LogP contribution in [-0.4, -0.2) is 14.0 Å². The van der Waals surface area contributed by atoms with Crippen molar-refractivity contribution in [2.45, 2.75) is 44.5 Å². The molecule has 0 heterocycles. The maximum atomic E-state index is 15.0. The van der Waals surface area contributed by atoms with Gasteiger partial charge in [-0.05, 0) is 72.3 Å². The molecule has 1 unspecified atom stereocenters. The van der Waals surface area contributed by atoms with Crippen LogP contribution >= 0.6 is 0 Å². The van der Waals surface area contributed by atoms with Gasteiger partial charge < -0.3 is 4.74 Å². The first-order valence-electron chi connectivity index (χ1n) is 8.36. The fourth-order valence-electron chi connectivity index (χ4n) is 4.01. The summed E-state index contributed by atoms with van der Waals surface area (Å²) >= 11 is 0. The fraction of sp³-hybridized carbons (Fsp3) is 0.368. The average Bonchev–Trinajstić information content (AvgIpc) is 3.13. The van der Waals surface area contributed by atoms with Gasteiger partial charge in [-0.15, -0.1) is 0 Å². The van der Waals surface area contributed by atoms with Gasteiger partial charge in [0.15, 0.2) is 11.6 Å². The lowest BCUT2D eigenvalue weighted by molar-refractivity contribution is 0.200. The Morgan fingerprint density at radius 1 is 0.957 bits per heavy atom. The van der Waals surface area contributed by atoms with Crippen molar-refractivity contribution in [3.8, 4) is 16.9 Å². The van der Waals surface area contributed by atoms with Crippen molar-refractivity contribution < 1.29 is 13.5 Å². The van der Waals surface area contributed by atoms with E-state index in [9.17, 15) is 4.39 Å². The first-order chi connectivity index (χ1) is 11.1. The zero-order chi connectivity index (χ0) is 16.1. The summed E-state index contributed by atoms with van der Waals surface area (Å²) in [5, 5.41) is 0. The van der Waals surface area contributed by atoms with Crippen molar-refractivity contribution in [2.75, 3.05) is 0 Å². The molecule has 2 aromatic carbocycles. The first kappa shape index (κ1) is 14.7. The molecule has 118 valence electrons. The minimum atomic E-state index is -0.324. The van der Waals surface area contributed by atoms with Gasteiger partial charge in [-0.3, -0.25) is 0 Å². The van der Waals surface area contributed by atoms with Crippen molar-refractivity contribution >= 4 is 7.85 Å². The molecule has 0 bridgehead atoms. The Hall–Kier alpha value is -1.84. The van der Waals surface area contributed by atoms with Crippen molar-refractivity contribution in [3.05, 3.63) is 52.6 Å². The Bertz CT molecular complexity index is 781. The SMILES string of the molecule is BC1c2c(ccc(C)c2F)-c2ccc(OC3CCCC3)c(F)c21. The molecule has 0 radical (unpaired) electrons. The molecule has 0 saturated heterocycles. The van der Waals surface area contributed by atoms with E-state index in [4.69, 9.17) is 4.74 Å². The number of halogens is 2.